The molecule has 0 amide bonds. The molecule has 0 N–H and O–H groups in total. The van der Waals surface area contributed by atoms with Gasteiger partial charge in [-0.2, -0.15) is 9.78 Å². The van der Waals surface area contributed by atoms with E-state index in [0.717, 1.165) is 6.42 Å². The highest BCUT2D eigenvalue weighted by atomic mass is 17.2. The zero-order valence-corrected chi connectivity index (χ0v) is 21.3. The van der Waals surface area contributed by atoms with Gasteiger partial charge in [-0.1, -0.05) is 6.92 Å². The van der Waals surface area contributed by atoms with Crippen molar-refractivity contribution in [3.63, 3.8) is 0 Å². The van der Waals surface area contributed by atoms with E-state index in [1.54, 1.807) is 19.1 Å². The molecule has 1 aliphatic rings. The summed E-state index contributed by atoms with van der Waals surface area (Å²) < 4.78 is 20.8. The van der Waals surface area contributed by atoms with E-state index in [9.17, 15) is 9.59 Å². The Kier molecular flexibility index (Phi) is 9.00. The first-order valence-corrected chi connectivity index (χ1v) is 11.4. The molecule has 0 bridgehead atoms. The van der Waals surface area contributed by atoms with Crippen LogP contribution in [0.4, 0.5) is 0 Å². The molecule has 3 unspecified atom stereocenters. The minimum atomic E-state index is -1.06. The molecule has 36 heavy (non-hydrogen) atoms. The molecule has 0 saturated heterocycles. The van der Waals surface area contributed by atoms with Crippen LogP contribution in [0.1, 0.15) is 53.8 Å². The van der Waals surface area contributed by atoms with E-state index in [-0.39, 0.29) is 17.0 Å². The van der Waals surface area contributed by atoms with Crippen LogP contribution in [0.2, 0.25) is 0 Å². The van der Waals surface area contributed by atoms with Gasteiger partial charge in [-0.15, -0.1) is 0 Å². The Morgan fingerprint density at radius 1 is 0.750 bits per heavy atom. The molecule has 2 aromatic rings. The van der Waals surface area contributed by atoms with Crippen molar-refractivity contribution in [3.8, 4) is 23.0 Å². The number of rotatable bonds is 10. The summed E-state index contributed by atoms with van der Waals surface area (Å²) in [5, 5.41) is 0. The Morgan fingerprint density at radius 2 is 1.19 bits per heavy atom. The summed E-state index contributed by atoms with van der Waals surface area (Å²) in [6.07, 6.45) is 1.15. The smallest absolute Gasteiger partial charge is 0.373 e. The monoisotopic (exact) mass is 504 g/mol. The predicted molar refractivity (Wildman–Crippen MR) is 127 cm³/mol. The fourth-order valence-corrected chi connectivity index (χ4v) is 3.84. The highest BCUT2D eigenvalue weighted by Gasteiger charge is 2.45. The van der Waals surface area contributed by atoms with Gasteiger partial charge in [0.05, 0.1) is 39.6 Å². The van der Waals surface area contributed by atoms with Gasteiger partial charge in [0.25, 0.3) is 0 Å². The summed E-state index contributed by atoms with van der Waals surface area (Å²) in [6, 6.07) is 9.32. The molecule has 1 saturated carbocycles. The van der Waals surface area contributed by atoms with Crippen LogP contribution >= 0.6 is 0 Å². The predicted octanol–water partition coefficient (Wildman–Crippen LogP) is 4.55. The molecule has 1 aliphatic carbocycles. The van der Waals surface area contributed by atoms with E-state index < -0.39 is 23.6 Å². The SMILES string of the molecule is COc1cc(OC)cc(C(=O)OOC2CC(C)CCC2(C)OOC(=O)c2cc(OC)cc(OC)c2)c1. The summed E-state index contributed by atoms with van der Waals surface area (Å²) in [4.78, 5) is 46.9. The van der Waals surface area contributed by atoms with E-state index in [4.69, 9.17) is 38.5 Å². The Morgan fingerprint density at radius 3 is 1.64 bits per heavy atom. The first-order chi connectivity index (χ1) is 17.2. The molecule has 0 aromatic heterocycles. The molecule has 10 heteroatoms. The van der Waals surface area contributed by atoms with Crippen LogP contribution in [0.5, 0.6) is 23.0 Å². The third-order valence-corrected chi connectivity index (χ3v) is 6.15. The van der Waals surface area contributed by atoms with Gasteiger partial charge in [0, 0.05) is 12.1 Å². The molecule has 0 heterocycles. The zero-order chi connectivity index (χ0) is 26.3. The molecule has 10 nitrogen and oxygen atoms in total. The summed E-state index contributed by atoms with van der Waals surface area (Å²) in [5.74, 6) is 0.548. The average Bonchev–Trinajstić information content (AvgIpc) is 2.91. The van der Waals surface area contributed by atoms with Crippen molar-refractivity contribution >= 4 is 11.9 Å². The summed E-state index contributed by atoms with van der Waals surface area (Å²) in [7, 11) is 5.93. The van der Waals surface area contributed by atoms with Crippen LogP contribution in [0.3, 0.4) is 0 Å². The van der Waals surface area contributed by atoms with Gasteiger partial charge in [-0.05, 0) is 56.4 Å². The maximum absolute atomic E-state index is 12.7. The van der Waals surface area contributed by atoms with Gasteiger partial charge < -0.3 is 18.9 Å². The molecule has 3 rings (SSSR count). The van der Waals surface area contributed by atoms with E-state index in [1.807, 2.05) is 0 Å². The highest BCUT2D eigenvalue weighted by molar-refractivity contribution is 5.90. The normalized spacial score (nSPS) is 21.3. The van der Waals surface area contributed by atoms with E-state index in [0.29, 0.717) is 35.8 Å². The van der Waals surface area contributed by atoms with E-state index in [2.05, 4.69) is 6.92 Å². The van der Waals surface area contributed by atoms with Crippen LogP contribution < -0.4 is 18.9 Å². The number of ether oxygens (including phenoxy) is 4. The Bertz CT molecular complexity index is 1020. The van der Waals surface area contributed by atoms with Gasteiger partial charge in [-0.3, -0.25) is 9.78 Å². The van der Waals surface area contributed by atoms with Crippen molar-refractivity contribution in [2.24, 2.45) is 5.92 Å². The highest BCUT2D eigenvalue weighted by Crippen LogP contribution is 2.37. The number of carbonyl (C=O) groups excluding carboxylic acids is 2. The average molecular weight is 505 g/mol. The molecule has 196 valence electrons. The first-order valence-electron chi connectivity index (χ1n) is 11.4. The minimum Gasteiger partial charge on any atom is -0.497 e. The quantitative estimate of drug-likeness (QED) is 0.338. The van der Waals surface area contributed by atoms with Crippen LogP contribution in [0.15, 0.2) is 36.4 Å². The summed E-state index contributed by atoms with van der Waals surface area (Å²) in [5.41, 5.74) is -0.678. The maximum atomic E-state index is 12.7. The fraction of sp³-hybridized carbons (Fsp3) is 0.462. The van der Waals surface area contributed by atoms with Crippen molar-refractivity contribution < 1.29 is 48.1 Å². The van der Waals surface area contributed by atoms with Gasteiger partial charge in [0.1, 0.15) is 34.7 Å². The van der Waals surface area contributed by atoms with Crippen LogP contribution in [-0.2, 0) is 19.6 Å². The lowest BCUT2D eigenvalue weighted by molar-refractivity contribution is -0.388. The Labute approximate surface area is 210 Å². The van der Waals surface area contributed by atoms with Crippen LogP contribution in [-0.4, -0.2) is 52.1 Å². The minimum absolute atomic E-state index is 0.190. The molecule has 1 fully saturated rings. The lowest BCUT2D eigenvalue weighted by Gasteiger charge is -2.39. The van der Waals surface area contributed by atoms with Gasteiger partial charge in [-0.25, -0.2) is 9.59 Å². The second-order valence-electron chi connectivity index (χ2n) is 8.80. The fourth-order valence-electron chi connectivity index (χ4n) is 3.84. The standard InChI is InChI=1S/C26H32O10/c1-16-7-8-26(2,36-35-25(28)18-12-21(31-5)15-22(13-18)32-6)23(9-16)33-34-24(27)17-10-19(29-3)14-20(11-17)30-4/h10-16,23H,7-9H2,1-6H3. The molecular weight excluding hydrogens is 472 g/mol. The van der Waals surface area contributed by atoms with E-state index >= 15 is 0 Å². The first kappa shape index (κ1) is 27.1. The van der Waals surface area contributed by atoms with Crippen molar-refractivity contribution in [3.05, 3.63) is 47.5 Å². The number of methoxy groups -OCH3 is 4. The van der Waals surface area contributed by atoms with Crippen molar-refractivity contribution in [2.75, 3.05) is 28.4 Å². The molecular formula is C26H32O10. The second-order valence-corrected chi connectivity index (χ2v) is 8.80. The third kappa shape index (κ3) is 6.58. The summed E-state index contributed by atoms with van der Waals surface area (Å²) in [6.45, 7) is 3.80. The third-order valence-electron chi connectivity index (χ3n) is 6.15. The molecule has 0 radical (unpaired) electrons. The zero-order valence-electron chi connectivity index (χ0n) is 21.3. The Balaban J connectivity index is 1.69. The number of carbonyl (C=O) groups is 2. The van der Waals surface area contributed by atoms with Gasteiger partial charge >= 0.3 is 11.9 Å². The van der Waals surface area contributed by atoms with Crippen LogP contribution in [0, 0.1) is 5.92 Å². The van der Waals surface area contributed by atoms with Gasteiger partial charge in [0.15, 0.2) is 0 Å². The molecule has 3 atom stereocenters. The van der Waals surface area contributed by atoms with E-state index in [1.165, 1.54) is 52.7 Å². The Hall–Kier alpha value is -3.50. The number of hydrogen-bond acceptors (Lipinski definition) is 10. The van der Waals surface area contributed by atoms with Crippen molar-refractivity contribution in [1.82, 2.24) is 0 Å². The number of hydrogen-bond donors (Lipinski definition) is 0. The molecule has 2 aromatic carbocycles. The van der Waals surface area contributed by atoms with Crippen LogP contribution in [0.25, 0.3) is 0 Å². The number of benzene rings is 2. The second kappa shape index (κ2) is 12.0. The maximum Gasteiger partial charge on any atom is 0.373 e. The lowest BCUT2D eigenvalue weighted by atomic mass is 9.78. The topological polar surface area (TPSA) is 108 Å². The van der Waals surface area contributed by atoms with Crippen molar-refractivity contribution in [1.29, 1.82) is 0 Å². The lowest BCUT2D eigenvalue weighted by Crippen LogP contribution is -2.48. The summed E-state index contributed by atoms with van der Waals surface area (Å²) >= 11 is 0. The van der Waals surface area contributed by atoms with Crippen molar-refractivity contribution in [2.45, 2.75) is 44.8 Å². The van der Waals surface area contributed by atoms with Gasteiger partial charge in [0.2, 0.25) is 0 Å². The molecule has 0 aliphatic heterocycles. The largest absolute Gasteiger partial charge is 0.497 e. The molecule has 0 spiro atoms.